The molecule has 0 aliphatic rings. The summed E-state index contributed by atoms with van der Waals surface area (Å²) in [7, 11) is 0. The predicted octanol–water partition coefficient (Wildman–Crippen LogP) is 3.21. The first-order chi connectivity index (χ1) is 10.5. The fraction of sp³-hybridized carbons (Fsp3) is 0.0667. The molecule has 1 aromatic heterocycles. The molecular formula is C15H13BrClN3O2. The summed E-state index contributed by atoms with van der Waals surface area (Å²) in [5.41, 5.74) is 6.69. The molecule has 0 radical (unpaired) electrons. The monoisotopic (exact) mass is 381 g/mol. The Morgan fingerprint density at radius 1 is 1.27 bits per heavy atom. The molecule has 7 heteroatoms. The molecule has 0 fully saturated rings. The van der Waals surface area contributed by atoms with Gasteiger partial charge in [-0.2, -0.15) is 0 Å². The van der Waals surface area contributed by atoms with E-state index < -0.39 is 11.8 Å². The third-order valence-corrected chi connectivity index (χ3v) is 3.68. The topological polar surface area (TPSA) is 74.0 Å². The summed E-state index contributed by atoms with van der Waals surface area (Å²) in [5, 5.41) is 0.633. The van der Waals surface area contributed by atoms with Crippen LogP contribution in [0.5, 0.6) is 0 Å². The van der Waals surface area contributed by atoms with Crippen LogP contribution in [0.4, 0.5) is 0 Å². The van der Waals surface area contributed by atoms with Gasteiger partial charge in [-0.15, -0.1) is 0 Å². The fourth-order valence-electron chi connectivity index (χ4n) is 1.61. The van der Waals surface area contributed by atoms with Crippen molar-refractivity contribution in [2.24, 2.45) is 0 Å². The van der Waals surface area contributed by atoms with Gasteiger partial charge in [0.1, 0.15) is 5.69 Å². The van der Waals surface area contributed by atoms with Crippen LogP contribution in [-0.2, 0) is 4.79 Å². The number of nitrogens with one attached hydrogen (secondary N) is 3. The van der Waals surface area contributed by atoms with Gasteiger partial charge in [-0.25, -0.2) is 0 Å². The Balaban J connectivity index is 1.88. The number of carbonyl (C=O) groups is 2. The highest BCUT2D eigenvalue weighted by Crippen LogP contribution is 2.17. The Morgan fingerprint density at radius 3 is 2.68 bits per heavy atom. The zero-order valence-corrected chi connectivity index (χ0v) is 14.0. The summed E-state index contributed by atoms with van der Waals surface area (Å²) in [6.07, 6.45) is 4.54. The summed E-state index contributed by atoms with van der Waals surface area (Å²) in [4.78, 5) is 26.1. The molecule has 0 spiro atoms. The fourth-order valence-corrected chi connectivity index (χ4v) is 2.14. The van der Waals surface area contributed by atoms with Gasteiger partial charge in [0.25, 0.3) is 11.8 Å². The van der Waals surface area contributed by atoms with Crippen LogP contribution in [0.25, 0.3) is 6.08 Å². The number of amides is 2. The number of aryl methyl sites for hydroxylation is 1. The molecule has 3 N–H and O–H groups in total. The predicted molar refractivity (Wildman–Crippen MR) is 89.3 cm³/mol. The molecule has 0 bridgehead atoms. The first-order valence-corrected chi connectivity index (χ1v) is 7.51. The van der Waals surface area contributed by atoms with E-state index in [-0.39, 0.29) is 0 Å². The van der Waals surface area contributed by atoms with Gasteiger partial charge in [-0.1, -0.05) is 23.7 Å². The smallest absolute Gasteiger partial charge is 0.286 e. The third kappa shape index (κ3) is 4.47. The van der Waals surface area contributed by atoms with E-state index in [1.807, 2.05) is 19.1 Å². The van der Waals surface area contributed by atoms with E-state index in [0.717, 1.165) is 15.6 Å². The van der Waals surface area contributed by atoms with Crippen LogP contribution in [0.2, 0.25) is 5.02 Å². The summed E-state index contributed by atoms with van der Waals surface area (Å²) in [6.45, 7) is 1.90. The second-order valence-electron chi connectivity index (χ2n) is 4.52. The van der Waals surface area contributed by atoms with E-state index in [4.69, 9.17) is 11.6 Å². The van der Waals surface area contributed by atoms with Gasteiger partial charge < -0.3 is 4.98 Å². The lowest BCUT2D eigenvalue weighted by atomic mass is 10.1. The minimum Gasteiger partial charge on any atom is -0.356 e. The summed E-state index contributed by atoms with van der Waals surface area (Å²) >= 11 is 9.22. The number of halogens is 2. The van der Waals surface area contributed by atoms with Crippen LogP contribution in [0.1, 0.15) is 21.6 Å². The van der Waals surface area contributed by atoms with Crippen molar-refractivity contribution in [1.82, 2.24) is 15.8 Å². The molecule has 114 valence electrons. The maximum atomic E-state index is 11.7. The average molecular weight is 383 g/mol. The van der Waals surface area contributed by atoms with Gasteiger partial charge in [0, 0.05) is 21.8 Å². The van der Waals surface area contributed by atoms with Crippen molar-refractivity contribution in [3.05, 3.63) is 62.9 Å². The van der Waals surface area contributed by atoms with Gasteiger partial charge in [0.2, 0.25) is 0 Å². The first-order valence-electron chi connectivity index (χ1n) is 6.34. The second kappa shape index (κ2) is 7.29. The molecule has 5 nitrogen and oxygen atoms in total. The highest BCUT2D eigenvalue weighted by molar-refractivity contribution is 9.10. The summed E-state index contributed by atoms with van der Waals surface area (Å²) in [6, 6.07) is 7.08. The number of H-pyrrole nitrogens is 1. The van der Waals surface area contributed by atoms with E-state index >= 15 is 0 Å². The van der Waals surface area contributed by atoms with Crippen LogP contribution < -0.4 is 10.9 Å². The number of hydrazine groups is 1. The van der Waals surface area contributed by atoms with Crippen LogP contribution >= 0.6 is 27.5 Å². The number of carbonyl (C=O) groups excluding carboxylic acids is 2. The van der Waals surface area contributed by atoms with Crippen molar-refractivity contribution in [3.8, 4) is 0 Å². The number of hydrogen-bond acceptors (Lipinski definition) is 2. The van der Waals surface area contributed by atoms with Crippen LogP contribution in [0.3, 0.4) is 0 Å². The van der Waals surface area contributed by atoms with E-state index in [9.17, 15) is 9.59 Å². The summed E-state index contributed by atoms with van der Waals surface area (Å²) in [5.74, 6) is -0.888. The third-order valence-electron chi connectivity index (χ3n) is 2.81. The van der Waals surface area contributed by atoms with Crippen LogP contribution in [0.15, 0.2) is 41.0 Å². The molecule has 2 rings (SSSR count). The van der Waals surface area contributed by atoms with Gasteiger partial charge >= 0.3 is 0 Å². The Bertz CT molecular complexity index is 740. The second-order valence-corrected chi connectivity index (χ2v) is 5.84. The molecule has 0 aliphatic carbocycles. The van der Waals surface area contributed by atoms with Crippen LogP contribution in [-0.4, -0.2) is 16.8 Å². The molecule has 22 heavy (non-hydrogen) atoms. The Morgan fingerprint density at radius 2 is 2.05 bits per heavy atom. The minimum atomic E-state index is -0.448. The standard InChI is InChI=1S/C15H13BrClN3O2/c1-9-2-3-10(6-12(9)17)4-5-14(21)19-20-15(22)13-7-11(16)8-18-13/h2-8,18H,1H3,(H,19,21)(H,20,22)/b5-4+. The van der Waals surface area contributed by atoms with Gasteiger partial charge in [0.15, 0.2) is 0 Å². The number of benzene rings is 1. The van der Waals surface area contributed by atoms with E-state index in [1.54, 1.807) is 24.4 Å². The summed E-state index contributed by atoms with van der Waals surface area (Å²) < 4.78 is 0.750. The molecular weight excluding hydrogens is 370 g/mol. The zero-order chi connectivity index (χ0) is 16.1. The van der Waals surface area contributed by atoms with Crippen molar-refractivity contribution in [2.45, 2.75) is 6.92 Å². The first kappa shape index (κ1) is 16.3. The number of aromatic nitrogens is 1. The van der Waals surface area contributed by atoms with Crippen molar-refractivity contribution < 1.29 is 9.59 Å². The van der Waals surface area contributed by atoms with E-state index in [2.05, 4.69) is 31.8 Å². The van der Waals surface area contributed by atoms with Crippen molar-refractivity contribution in [2.75, 3.05) is 0 Å². The molecule has 2 amide bonds. The number of aromatic amines is 1. The molecule has 1 heterocycles. The van der Waals surface area contributed by atoms with E-state index in [1.165, 1.54) is 6.08 Å². The van der Waals surface area contributed by atoms with Crippen molar-refractivity contribution >= 4 is 45.4 Å². The minimum absolute atomic E-state index is 0.335. The zero-order valence-electron chi connectivity index (χ0n) is 11.6. The lowest BCUT2D eigenvalue weighted by Crippen LogP contribution is -2.40. The molecule has 0 saturated carbocycles. The lowest BCUT2D eigenvalue weighted by Gasteiger charge is -2.03. The van der Waals surface area contributed by atoms with Gasteiger partial charge in [-0.05, 0) is 52.2 Å². The molecule has 0 atom stereocenters. The molecule has 0 unspecified atom stereocenters. The van der Waals surface area contributed by atoms with Crippen molar-refractivity contribution in [3.63, 3.8) is 0 Å². The molecule has 0 aliphatic heterocycles. The highest BCUT2D eigenvalue weighted by Gasteiger charge is 2.07. The maximum absolute atomic E-state index is 11.7. The average Bonchev–Trinajstić information content (AvgIpc) is 2.92. The number of hydrogen-bond donors (Lipinski definition) is 3. The maximum Gasteiger partial charge on any atom is 0.286 e. The van der Waals surface area contributed by atoms with Crippen molar-refractivity contribution in [1.29, 1.82) is 0 Å². The normalized spacial score (nSPS) is 10.7. The largest absolute Gasteiger partial charge is 0.356 e. The number of rotatable bonds is 3. The molecule has 2 aromatic rings. The van der Waals surface area contributed by atoms with Gasteiger partial charge in [-0.3, -0.25) is 20.4 Å². The Labute approximate surface area is 140 Å². The van der Waals surface area contributed by atoms with Crippen LogP contribution in [0, 0.1) is 6.92 Å². The highest BCUT2D eigenvalue weighted by atomic mass is 79.9. The SMILES string of the molecule is Cc1ccc(/C=C/C(=O)NNC(=O)c2cc(Br)c[nH]2)cc1Cl. The molecule has 0 saturated heterocycles. The quantitative estimate of drug-likeness (QED) is 0.563. The Kier molecular flexibility index (Phi) is 5.41. The molecule has 1 aromatic carbocycles. The lowest BCUT2D eigenvalue weighted by molar-refractivity contribution is -0.117. The Hall–Kier alpha value is -2.05. The van der Waals surface area contributed by atoms with E-state index in [0.29, 0.717) is 10.7 Å². The van der Waals surface area contributed by atoms with Gasteiger partial charge in [0.05, 0.1) is 0 Å².